The second-order valence-corrected chi connectivity index (χ2v) is 4.36. The van der Waals surface area contributed by atoms with Gasteiger partial charge in [-0.1, -0.05) is 0 Å². The third-order valence-electron chi connectivity index (χ3n) is 1.96. The Kier molecular flexibility index (Phi) is 4.87. The number of thioether (sulfide) groups is 1. The fourth-order valence-corrected chi connectivity index (χ4v) is 1.64. The molecule has 1 rings (SSSR count). The Morgan fingerprint density at radius 2 is 1.83 bits per heavy atom. The molecule has 0 fully saturated rings. The van der Waals surface area contributed by atoms with Crippen LogP contribution >= 0.6 is 11.8 Å². The van der Waals surface area contributed by atoms with Crippen molar-refractivity contribution in [2.24, 2.45) is 0 Å². The molecule has 1 N–H and O–H groups in total. The molecule has 0 saturated carbocycles. The number of nitrogens with zero attached hydrogens (tertiary/aromatic N) is 2. The zero-order chi connectivity index (χ0) is 13.6. The van der Waals surface area contributed by atoms with Gasteiger partial charge in [-0.2, -0.15) is 23.7 Å². The summed E-state index contributed by atoms with van der Waals surface area (Å²) >= 11 is -0.109. The van der Waals surface area contributed by atoms with Crippen LogP contribution in [0.2, 0.25) is 0 Å². The third kappa shape index (κ3) is 4.56. The Labute approximate surface area is 106 Å². The Bertz CT molecular complexity index is 500. The second kappa shape index (κ2) is 6.18. The van der Waals surface area contributed by atoms with Gasteiger partial charge in [0.1, 0.15) is 12.1 Å². The molecule has 0 amide bonds. The SMILES string of the molecule is N#Cc1ccc(NCCSC(F)(F)F)cc1C#N. The molecule has 1 aromatic rings. The number of hydrogen-bond acceptors (Lipinski definition) is 4. The molecule has 94 valence electrons. The third-order valence-corrected chi connectivity index (χ3v) is 2.69. The van der Waals surface area contributed by atoms with Crippen molar-refractivity contribution in [2.45, 2.75) is 5.51 Å². The van der Waals surface area contributed by atoms with E-state index in [4.69, 9.17) is 10.5 Å². The quantitative estimate of drug-likeness (QED) is 0.855. The lowest BCUT2D eigenvalue weighted by atomic mass is 10.1. The number of nitrogens with one attached hydrogen (secondary N) is 1. The highest BCUT2D eigenvalue weighted by Crippen LogP contribution is 2.29. The van der Waals surface area contributed by atoms with Gasteiger partial charge in [0.05, 0.1) is 11.1 Å². The molecule has 0 aliphatic carbocycles. The minimum atomic E-state index is -4.23. The van der Waals surface area contributed by atoms with Crippen LogP contribution in [0.15, 0.2) is 18.2 Å². The van der Waals surface area contributed by atoms with Crippen LogP contribution in [-0.2, 0) is 0 Å². The minimum absolute atomic E-state index is 0.109. The predicted octanol–water partition coefficient (Wildman–Crippen LogP) is 3.09. The zero-order valence-electron chi connectivity index (χ0n) is 9.08. The zero-order valence-corrected chi connectivity index (χ0v) is 9.90. The number of nitriles is 2. The molecular weight excluding hydrogens is 263 g/mol. The van der Waals surface area contributed by atoms with Crippen LogP contribution in [0.1, 0.15) is 11.1 Å². The molecule has 0 radical (unpaired) electrons. The highest BCUT2D eigenvalue weighted by atomic mass is 32.2. The van der Waals surface area contributed by atoms with Crippen molar-refractivity contribution in [3.8, 4) is 12.1 Å². The summed E-state index contributed by atoms with van der Waals surface area (Å²) in [5.74, 6) is -0.120. The minimum Gasteiger partial charge on any atom is -0.384 e. The monoisotopic (exact) mass is 271 g/mol. The molecule has 0 aliphatic rings. The van der Waals surface area contributed by atoms with Gasteiger partial charge in [-0.3, -0.25) is 0 Å². The van der Waals surface area contributed by atoms with E-state index in [0.29, 0.717) is 5.69 Å². The molecule has 0 spiro atoms. The standard InChI is InChI=1S/C11H8F3N3S/c12-11(13,14)18-4-3-17-10-2-1-8(6-15)9(5-10)7-16/h1-2,5,17H,3-4H2. The van der Waals surface area contributed by atoms with E-state index in [1.54, 1.807) is 6.07 Å². The van der Waals surface area contributed by atoms with Gasteiger partial charge in [0.15, 0.2) is 0 Å². The van der Waals surface area contributed by atoms with Crippen LogP contribution in [-0.4, -0.2) is 17.8 Å². The van der Waals surface area contributed by atoms with Crippen molar-refractivity contribution in [3.63, 3.8) is 0 Å². The number of anilines is 1. The van der Waals surface area contributed by atoms with Crippen molar-refractivity contribution in [1.82, 2.24) is 0 Å². The van der Waals surface area contributed by atoms with Crippen LogP contribution in [0.5, 0.6) is 0 Å². The average Bonchev–Trinajstić information content (AvgIpc) is 2.33. The van der Waals surface area contributed by atoms with Crippen molar-refractivity contribution >= 4 is 17.4 Å². The van der Waals surface area contributed by atoms with E-state index in [1.807, 2.05) is 12.1 Å². The van der Waals surface area contributed by atoms with Gasteiger partial charge in [0, 0.05) is 18.0 Å². The van der Waals surface area contributed by atoms with Gasteiger partial charge >= 0.3 is 5.51 Å². The maximum Gasteiger partial charge on any atom is 0.441 e. The summed E-state index contributed by atoms with van der Waals surface area (Å²) in [5.41, 5.74) is -3.27. The van der Waals surface area contributed by atoms with Gasteiger partial charge in [-0.05, 0) is 30.0 Å². The van der Waals surface area contributed by atoms with Crippen LogP contribution in [0.4, 0.5) is 18.9 Å². The number of rotatable bonds is 4. The van der Waals surface area contributed by atoms with Gasteiger partial charge in [0.25, 0.3) is 0 Å². The maximum absolute atomic E-state index is 11.9. The first-order valence-corrected chi connectivity index (χ1v) is 5.83. The van der Waals surface area contributed by atoms with Crippen LogP contribution < -0.4 is 5.32 Å². The van der Waals surface area contributed by atoms with E-state index in [-0.39, 0.29) is 35.2 Å². The molecule has 7 heteroatoms. The molecule has 0 atom stereocenters. The maximum atomic E-state index is 11.9. The van der Waals surface area contributed by atoms with Crippen LogP contribution in [0, 0.1) is 22.7 Å². The Hall–Kier alpha value is -1.86. The highest BCUT2D eigenvalue weighted by molar-refractivity contribution is 8.00. The van der Waals surface area contributed by atoms with Crippen molar-refractivity contribution in [3.05, 3.63) is 29.3 Å². The Balaban J connectivity index is 2.55. The lowest BCUT2D eigenvalue weighted by Gasteiger charge is -2.08. The van der Waals surface area contributed by atoms with E-state index in [0.717, 1.165) is 0 Å². The largest absolute Gasteiger partial charge is 0.441 e. The summed E-state index contributed by atoms with van der Waals surface area (Å²) in [6.07, 6.45) is 0. The lowest BCUT2D eigenvalue weighted by molar-refractivity contribution is -0.0327. The predicted molar refractivity (Wildman–Crippen MR) is 62.9 cm³/mol. The number of halogens is 3. The molecule has 0 heterocycles. The number of benzene rings is 1. The van der Waals surface area contributed by atoms with E-state index in [9.17, 15) is 13.2 Å². The average molecular weight is 271 g/mol. The summed E-state index contributed by atoms with van der Waals surface area (Å²) in [6, 6.07) is 8.16. The summed E-state index contributed by atoms with van der Waals surface area (Å²) in [6.45, 7) is 0.126. The summed E-state index contributed by atoms with van der Waals surface area (Å²) in [4.78, 5) is 0. The fourth-order valence-electron chi connectivity index (χ4n) is 1.21. The van der Waals surface area contributed by atoms with E-state index < -0.39 is 5.51 Å². The van der Waals surface area contributed by atoms with Crippen molar-refractivity contribution in [2.75, 3.05) is 17.6 Å². The van der Waals surface area contributed by atoms with Gasteiger partial charge < -0.3 is 5.32 Å². The van der Waals surface area contributed by atoms with Crippen molar-refractivity contribution in [1.29, 1.82) is 10.5 Å². The molecule has 0 aliphatic heterocycles. The topological polar surface area (TPSA) is 59.6 Å². The first-order chi connectivity index (χ1) is 8.46. The fraction of sp³-hybridized carbons (Fsp3) is 0.273. The molecule has 0 aromatic heterocycles. The van der Waals surface area contributed by atoms with Gasteiger partial charge in [0.2, 0.25) is 0 Å². The Morgan fingerprint density at radius 3 is 2.39 bits per heavy atom. The number of alkyl halides is 3. The summed E-state index contributed by atoms with van der Waals surface area (Å²) in [5, 5.41) is 20.2. The molecule has 0 bridgehead atoms. The normalized spacial score (nSPS) is 10.5. The number of hydrogen-bond donors (Lipinski definition) is 1. The molecule has 3 nitrogen and oxygen atoms in total. The lowest BCUT2D eigenvalue weighted by Crippen LogP contribution is -2.09. The van der Waals surface area contributed by atoms with E-state index >= 15 is 0 Å². The Morgan fingerprint density at radius 1 is 1.17 bits per heavy atom. The molecular formula is C11H8F3N3S. The summed E-state index contributed by atoms with van der Waals surface area (Å²) < 4.78 is 35.6. The van der Waals surface area contributed by atoms with Crippen LogP contribution in [0.25, 0.3) is 0 Å². The first kappa shape index (κ1) is 14.2. The molecule has 18 heavy (non-hydrogen) atoms. The van der Waals surface area contributed by atoms with Gasteiger partial charge in [-0.25, -0.2) is 0 Å². The smallest absolute Gasteiger partial charge is 0.384 e. The second-order valence-electron chi connectivity index (χ2n) is 3.20. The first-order valence-electron chi connectivity index (χ1n) is 4.85. The highest BCUT2D eigenvalue weighted by Gasteiger charge is 2.27. The molecule has 1 aromatic carbocycles. The van der Waals surface area contributed by atoms with Crippen LogP contribution in [0.3, 0.4) is 0 Å². The van der Waals surface area contributed by atoms with Crippen molar-refractivity contribution < 1.29 is 13.2 Å². The molecule has 0 unspecified atom stereocenters. The van der Waals surface area contributed by atoms with Gasteiger partial charge in [-0.15, -0.1) is 0 Å². The van der Waals surface area contributed by atoms with E-state index in [2.05, 4.69) is 5.32 Å². The molecule has 0 saturated heterocycles. The summed E-state index contributed by atoms with van der Waals surface area (Å²) in [7, 11) is 0. The van der Waals surface area contributed by atoms with E-state index in [1.165, 1.54) is 12.1 Å².